The Labute approximate surface area is 97.1 Å². The second-order valence-corrected chi connectivity index (χ2v) is 6.49. The standard InChI is InChI=1S/C10H21NO4S/c1-8-10(4-6-15-8)16(13,14)7-9(11-2)3-5-12/h8-12H,3-7H2,1-2H3. The van der Waals surface area contributed by atoms with E-state index in [4.69, 9.17) is 9.84 Å². The van der Waals surface area contributed by atoms with Crippen molar-refractivity contribution in [2.75, 3.05) is 26.0 Å². The Morgan fingerprint density at radius 1 is 1.56 bits per heavy atom. The predicted octanol–water partition coefficient (Wildman–Crippen LogP) is -0.451. The minimum Gasteiger partial charge on any atom is -0.396 e. The Morgan fingerprint density at radius 3 is 2.69 bits per heavy atom. The van der Waals surface area contributed by atoms with E-state index >= 15 is 0 Å². The number of aliphatic hydroxyl groups excluding tert-OH is 1. The molecule has 0 bridgehead atoms. The van der Waals surface area contributed by atoms with Crippen LogP contribution in [-0.4, -0.2) is 56.9 Å². The Balaban J connectivity index is 2.62. The van der Waals surface area contributed by atoms with Gasteiger partial charge in [-0.15, -0.1) is 0 Å². The lowest BCUT2D eigenvalue weighted by atomic mass is 10.2. The third-order valence-electron chi connectivity index (χ3n) is 3.09. The maximum atomic E-state index is 12.1. The molecule has 0 aromatic heterocycles. The van der Waals surface area contributed by atoms with Gasteiger partial charge in [-0.05, 0) is 26.8 Å². The molecule has 1 aliphatic heterocycles. The first kappa shape index (κ1) is 13.9. The summed E-state index contributed by atoms with van der Waals surface area (Å²) >= 11 is 0. The average molecular weight is 251 g/mol. The molecule has 96 valence electrons. The normalized spacial score (nSPS) is 28.2. The summed E-state index contributed by atoms with van der Waals surface area (Å²) in [6, 6.07) is -0.178. The zero-order chi connectivity index (χ0) is 12.2. The van der Waals surface area contributed by atoms with Gasteiger partial charge in [-0.3, -0.25) is 0 Å². The Kier molecular flexibility index (Phi) is 5.17. The molecule has 0 radical (unpaired) electrons. The minimum absolute atomic E-state index is 0.00224. The Morgan fingerprint density at radius 2 is 2.25 bits per heavy atom. The predicted molar refractivity (Wildman–Crippen MR) is 62.2 cm³/mol. The van der Waals surface area contributed by atoms with E-state index in [1.807, 2.05) is 0 Å². The third kappa shape index (κ3) is 3.41. The molecule has 0 spiro atoms. The lowest BCUT2D eigenvalue weighted by Crippen LogP contribution is -2.39. The van der Waals surface area contributed by atoms with E-state index in [0.29, 0.717) is 19.4 Å². The van der Waals surface area contributed by atoms with Crippen LogP contribution in [0.25, 0.3) is 0 Å². The van der Waals surface area contributed by atoms with Gasteiger partial charge in [0.05, 0.1) is 17.1 Å². The van der Waals surface area contributed by atoms with E-state index in [1.165, 1.54) is 0 Å². The van der Waals surface area contributed by atoms with Crippen molar-refractivity contribution in [1.29, 1.82) is 0 Å². The maximum absolute atomic E-state index is 12.1. The van der Waals surface area contributed by atoms with Crippen molar-refractivity contribution in [3.8, 4) is 0 Å². The van der Waals surface area contributed by atoms with Crippen LogP contribution >= 0.6 is 0 Å². The summed E-state index contributed by atoms with van der Waals surface area (Å²) in [6.45, 7) is 2.32. The number of ether oxygens (including phenoxy) is 1. The van der Waals surface area contributed by atoms with Crippen LogP contribution in [0.1, 0.15) is 19.8 Å². The molecule has 0 aromatic rings. The topological polar surface area (TPSA) is 75.6 Å². The molecule has 1 saturated heterocycles. The number of rotatable bonds is 6. The van der Waals surface area contributed by atoms with Crippen LogP contribution in [-0.2, 0) is 14.6 Å². The van der Waals surface area contributed by atoms with Crippen LogP contribution in [0.4, 0.5) is 0 Å². The smallest absolute Gasteiger partial charge is 0.157 e. The zero-order valence-corrected chi connectivity index (χ0v) is 10.7. The molecule has 1 rings (SSSR count). The van der Waals surface area contributed by atoms with Crippen LogP contribution in [0.5, 0.6) is 0 Å². The molecule has 1 aliphatic rings. The van der Waals surface area contributed by atoms with Gasteiger partial charge in [0.15, 0.2) is 9.84 Å². The molecule has 0 amide bonds. The van der Waals surface area contributed by atoms with Gasteiger partial charge in [-0.2, -0.15) is 0 Å². The molecule has 1 heterocycles. The molecular formula is C10H21NO4S. The quantitative estimate of drug-likeness (QED) is 0.668. The van der Waals surface area contributed by atoms with Gasteiger partial charge in [0, 0.05) is 19.3 Å². The van der Waals surface area contributed by atoms with E-state index in [9.17, 15) is 8.42 Å². The van der Waals surface area contributed by atoms with E-state index in [1.54, 1.807) is 14.0 Å². The lowest BCUT2D eigenvalue weighted by Gasteiger charge is -2.20. The summed E-state index contributed by atoms with van der Waals surface area (Å²) in [5.74, 6) is 0.0719. The van der Waals surface area contributed by atoms with Crippen molar-refractivity contribution in [1.82, 2.24) is 5.32 Å². The van der Waals surface area contributed by atoms with Gasteiger partial charge >= 0.3 is 0 Å². The summed E-state index contributed by atoms with van der Waals surface area (Å²) in [4.78, 5) is 0. The van der Waals surface area contributed by atoms with Crippen molar-refractivity contribution in [3.05, 3.63) is 0 Å². The highest BCUT2D eigenvalue weighted by Gasteiger charge is 2.36. The fourth-order valence-corrected chi connectivity index (χ4v) is 4.31. The fourth-order valence-electron chi connectivity index (χ4n) is 2.05. The second-order valence-electron chi connectivity index (χ2n) is 4.23. The van der Waals surface area contributed by atoms with Crippen LogP contribution in [0.2, 0.25) is 0 Å². The summed E-state index contributed by atoms with van der Waals surface area (Å²) in [5, 5.41) is 11.4. The summed E-state index contributed by atoms with van der Waals surface area (Å²) < 4.78 is 29.4. The molecule has 6 heteroatoms. The fraction of sp³-hybridized carbons (Fsp3) is 1.00. The summed E-state index contributed by atoms with van der Waals surface area (Å²) in [6.07, 6.45) is 0.827. The first-order valence-corrected chi connectivity index (χ1v) is 7.34. The number of hydrogen-bond acceptors (Lipinski definition) is 5. The summed E-state index contributed by atoms with van der Waals surface area (Å²) in [7, 11) is -1.43. The molecule has 3 atom stereocenters. The Hall–Kier alpha value is -0.170. The van der Waals surface area contributed by atoms with Gasteiger partial charge in [0.1, 0.15) is 0 Å². The number of sulfone groups is 1. The maximum Gasteiger partial charge on any atom is 0.157 e. The van der Waals surface area contributed by atoms with E-state index in [0.717, 1.165) is 0 Å². The summed E-state index contributed by atoms with van der Waals surface area (Å²) in [5.41, 5.74) is 0. The molecule has 0 aliphatic carbocycles. The van der Waals surface area contributed by atoms with Crippen molar-refractivity contribution in [2.24, 2.45) is 0 Å². The highest BCUT2D eigenvalue weighted by atomic mass is 32.2. The van der Waals surface area contributed by atoms with E-state index in [2.05, 4.69) is 5.32 Å². The zero-order valence-electron chi connectivity index (χ0n) is 9.85. The van der Waals surface area contributed by atoms with Crippen molar-refractivity contribution in [3.63, 3.8) is 0 Å². The second kappa shape index (κ2) is 5.95. The third-order valence-corrected chi connectivity index (χ3v) is 5.50. The molecule has 0 aromatic carbocycles. The van der Waals surface area contributed by atoms with Crippen molar-refractivity contribution in [2.45, 2.75) is 37.2 Å². The molecule has 16 heavy (non-hydrogen) atoms. The van der Waals surface area contributed by atoms with Gasteiger partial charge in [0.25, 0.3) is 0 Å². The molecule has 2 N–H and O–H groups in total. The average Bonchev–Trinajstić information content (AvgIpc) is 2.64. The molecular weight excluding hydrogens is 230 g/mol. The van der Waals surface area contributed by atoms with Crippen molar-refractivity contribution < 1.29 is 18.3 Å². The molecule has 1 fully saturated rings. The first-order valence-electron chi connectivity index (χ1n) is 5.62. The number of nitrogens with one attached hydrogen (secondary N) is 1. The lowest BCUT2D eigenvalue weighted by molar-refractivity contribution is 0.126. The highest BCUT2D eigenvalue weighted by molar-refractivity contribution is 7.92. The van der Waals surface area contributed by atoms with Gasteiger partial charge in [-0.25, -0.2) is 8.42 Å². The van der Waals surface area contributed by atoms with Crippen LogP contribution in [0.3, 0.4) is 0 Å². The monoisotopic (exact) mass is 251 g/mol. The van der Waals surface area contributed by atoms with Crippen LogP contribution in [0.15, 0.2) is 0 Å². The van der Waals surface area contributed by atoms with Crippen LogP contribution < -0.4 is 5.32 Å². The number of aliphatic hydroxyl groups is 1. The highest BCUT2D eigenvalue weighted by Crippen LogP contribution is 2.22. The molecule has 3 unspecified atom stereocenters. The molecule has 0 saturated carbocycles. The van der Waals surface area contributed by atoms with Gasteiger partial charge in [-0.1, -0.05) is 0 Å². The SMILES string of the molecule is CNC(CCO)CS(=O)(=O)C1CCOC1C. The van der Waals surface area contributed by atoms with E-state index in [-0.39, 0.29) is 29.8 Å². The largest absolute Gasteiger partial charge is 0.396 e. The van der Waals surface area contributed by atoms with Gasteiger partial charge in [0.2, 0.25) is 0 Å². The van der Waals surface area contributed by atoms with Gasteiger partial charge < -0.3 is 15.2 Å². The minimum atomic E-state index is -3.14. The Bertz CT molecular complexity index is 304. The molecule has 5 nitrogen and oxygen atoms in total. The number of hydrogen-bond donors (Lipinski definition) is 2. The van der Waals surface area contributed by atoms with E-state index < -0.39 is 9.84 Å². The first-order chi connectivity index (χ1) is 7.51. The van der Waals surface area contributed by atoms with Crippen LogP contribution in [0, 0.1) is 0 Å². The van der Waals surface area contributed by atoms with Crippen molar-refractivity contribution >= 4 is 9.84 Å².